The minimum atomic E-state index is -0.507. The fraction of sp³-hybridized carbons (Fsp3) is 0.300. The topological polar surface area (TPSA) is 104 Å². The molecule has 0 radical (unpaired) electrons. The maximum Gasteiger partial charge on any atom is 0.273 e. The van der Waals surface area contributed by atoms with E-state index in [2.05, 4.69) is 15.5 Å². The molecule has 0 saturated heterocycles. The number of tetrazole rings is 1. The van der Waals surface area contributed by atoms with Crippen LogP contribution in [0.3, 0.4) is 0 Å². The van der Waals surface area contributed by atoms with Gasteiger partial charge in [-0.15, -0.1) is 5.10 Å². The normalized spacial score (nSPS) is 16.1. The smallest absolute Gasteiger partial charge is 0.273 e. The molecule has 1 aliphatic rings. The Morgan fingerprint density at radius 1 is 1.21 bits per heavy atom. The van der Waals surface area contributed by atoms with E-state index in [1.54, 1.807) is 16.8 Å². The van der Waals surface area contributed by atoms with Gasteiger partial charge in [0.15, 0.2) is 5.78 Å². The number of para-hydroxylation sites is 1. The average Bonchev–Trinajstić information content (AvgIpc) is 3.26. The summed E-state index contributed by atoms with van der Waals surface area (Å²) in [5.74, 6) is -0.123. The van der Waals surface area contributed by atoms with Crippen LogP contribution < -0.4 is 0 Å². The molecule has 0 amide bonds. The maximum atomic E-state index is 13.1. The second-order valence-electron chi connectivity index (χ2n) is 7.91. The van der Waals surface area contributed by atoms with Crippen molar-refractivity contribution in [3.05, 3.63) is 69.3 Å². The predicted octanol–water partition coefficient (Wildman–Crippen LogP) is 3.77. The third kappa shape index (κ3) is 3.53. The van der Waals surface area contributed by atoms with Crippen LogP contribution in [0.1, 0.15) is 42.3 Å². The molecule has 29 heavy (non-hydrogen) atoms. The Hall–Kier alpha value is -3.07. The first-order valence-electron chi connectivity index (χ1n) is 9.12. The molecule has 0 fully saturated rings. The molecule has 2 aromatic carbocycles. The van der Waals surface area contributed by atoms with Gasteiger partial charge in [-0.2, -0.15) is 4.68 Å². The molecule has 1 atom stereocenters. The van der Waals surface area contributed by atoms with E-state index in [4.69, 9.17) is 0 Å². The number of hydrogen-bond acceptors (Lipinski definition) is 7. The third-order valence-corrected chi connectivity index (χ3v) is 6.06. The van der Waals surface area contributed by atoms with Crippen LogP contribution in [0.25, 0.3) is 5.69 Å². The molecule has 9 heteroatoms. The summed E-state index contributed by atoms with van der Waals surface area (Å²) in [5, 5.41) is 23.4. The number of Topliss-reactive ketones (excluding diaryl/α,β-unsaturated/α-hetero) is 1. The van der Waals surface area contributed by atoms with Crippen LogP contribution in [0, 0.1) is 10.1 Å². The molecule has 8 nitrogen and oxygen atoms in total. The van der Waals surface area contributed by atoms with Crippen molar-refractivity contribution in [3.63, 3.8) is 0 Å². The van der Waals surface area contributed by atoms with Crippen LogP contribution in [-0.4, -0.2) is 36.2 Å². The van der Waals surface area contributed by atoms with Gasteiger partial charge in [0.25, 0.3) is 5.69 Å². The van der Waals surface area contributed by atoms with Gasteiger partial charge in [0.2, 0.25) is 5.16 Å². The SMILES string of the molecule is CC(C)(C)c1cc2c(c([N+](=O)[O-])c1)CC(Sc1nnnn1-c1ccccc1)C2=O. The maximum absolute atomic E-state index is 13.1. The number of carbonyl (C=O) groups excluding carboxylic acids is 1. The number of carbonyl (C=O) groups is 1. The van der Waals surface area contributed by atoms with Crippen molar-refractivity contribution in [2.24, 2.45) is 0 Å². The van der Waals surface area contributed by atoms with E-state index in [9.17, 15) is 14.9 Å². The van der Waals surface area contributed by atoms with Crippen molar-refractivity contribution >= 4 is 23.2 Å². The van der Waals surface area contributed by atoms with Gasteiger partial charge in [0, 0.05) is 17.2 Å². The second-order valence-corrected chi connectivity index (χ2v) is 9.08. The van der Waals surface area contributed by atoms with Gasteiger partial charge in [0.05, 0.1) is 15.9 Å². The zero-order valence-electron chi connectivity index (χ0n) is 16.2. The number of fused-ring (bicyclic) bond motifs is 1. The molecule has 0 aliphatic heterocycles. The number of aromatic nitrogens is 4. The van der Waals surface area contributed by atoms with E-state index in [0.29, 0.717) is 16.3 Å². The summed E-state index contributed by atoms with van der Waals surface area (Å²) in [5.41, 5.74) is 2.18. The molecule has 1 aliphatic carbocycles. The standard InChI is InChI=1S/C20H19N5O3S/c1-20(2,3)12-9-15-14(16(10-12)25(27)28)11-17(18(15)26)29-19-21-22-23-24(19)13-7-5-4-6-8-13/h4-10,17H,11H2,1-3H3. The highest BCUT2D eigenvalue weighted by atomic mass is 32.2. The van der Waals surface area contributed by atoms with E-state index in [0.717, 1.165) is 11.3 Å². The summed E-state index contributed by atoms with van der Waals surface area (Å²) in [6.07, 6.45) is 0.279. The van der Waals surface area contributed by atoms with Crippen LogP contribution in [0.15, 0.2) is 47.6 Å². The minimum absolute atomic E-state index is 0.00604. The van der Waals surface area contributed by atoms with Gasteiger partial charge in [-0.05, 0) is 46.0 Å². The van der Waals surface area contributed by atoms with Crippen molar-refractivity contribution in [3.8, 4) is 5.69 Å². The van der Waals surface area contributed by atoms with Gasteiger partial charge < -0.3 is 0 Å². The fourth-order valence-corrected chi connectivity index (χ4v) is 4.41. The Morgan fingerprint density at radius 3 is 2.59 bits per heavy atom. The summed E-state index contributed by atoms with van der Waals surface area (Å²) < 4.78 is 1.57. The number of nitrogens with zero attached hydrogens (tertiary/aromatic N) is 5. The first kappa shape index (κ1) is 19.3. The number of thioether (sulfide) groups is 1. The summed E-state index contributed by atoms with van der Waals surface area (Å²) in [6, 6.07) is 12.8. The van der Waals surface area contributed by atoms with Gasteiger partial charge in [-0.1, -0.05) is 50.7 Å². The van der Waals surface area contributed by atoms with E-state index in [1.807, 2.05) is 51.1 Å². The Labute approximate surface area is 171 Å². The lowest BCUT2D eigenvalue weighted by Gasteiger charge is -2.19. The molecule has 0 spiro atoms. The largest absolute Gasteiger partial charge is 0.293 e. The van der Waals surface area contributed by atoms with Crippen LogP contribution in [-0.2, 0) is 11.8 Å². The summed E-state index contributed by atoms with van der Waals surface area (Å²) in [4.78, 5) is 24.4. The highest BCUT2D eigenvalue weighted by Gasteiger charge is 2.38. The molecule has 0 N–H and O–H groups in total. The number of nitro benzene ring substituents is 1. The Balaban J connectivity index is 1.69. The number of hydrogen-bond donors (Lipinski definition) is 0. The Morgan fingerprint density at radius 2 is 1.93 bits per heavy atom. The molecule has 1 heterocycles. The first-order valence-corrected chi connectivity index (χ1v) is 10.00. The minimum Gasteiger partial charge on any atom is -0.293 e. The van der Waals surface area contributed by atoms with Crippen LogP contribution in [0.4, 0.5) is 5.69 Å². The lowest BCUT2D eigenvalue weighted by molar-refractivity contribution is -0.385. The van der Waals surface area contributed by atoms with E-state index in [1.165, 1.54) is 11.8 Å². The summed E-state index contributed by atoms with van der Waals surface area (Å²) in [6.45, 7) is 5.91. The Bertz CT molecular complexity index is 1110. The predicted molar refractivity (Wildman–Crippen MR) is 109 cm³/mol. The number of benzene rings is 2. The molecule has 1 aromatic heterocycles. The molecule has 0 saturated carbocycles. The summed E-state index contributed by atoms with van der Waals surface area (Å²) in [7, 11) is 0. The number of nitro groups is 1. The van der Waals surface area contributed by atoms with Crippen molar-refractivity contribution < 1.29 is 9.72 Å². The van der Waals surface area contributed by atoms with Crippen LogP contribution >= 0.6 is 11.8 Å². The highest BCUT2D eigenvalue weighted by Crippen LogP contribution is 2.40. The van der Waals surface area contributed by atoms with Gasteiger partial charge >= 0.3 is 0 Å². The molecule has 1 unspecified atom stereocenters. The lowest BCUT2D eigenvalue weighted by atomic mass is 9.85. The molecule has 148 valence electrons. The molecule has 4 rings (SSSR count). The molecule has 0 bridgehead atoms. The van der Waals surface area contributed by atoms with E-state index < -0.39 is 10.2 Å². The quantitative estimate of drug-likeness (QED) is 0.477. The van der Waals surface area contributed by atoms with Gasteiger partial charge in [-0.3, -0.25) is 14.9 Å². The van der Waals surface area contributed by atoms with Crippen molar-refractivity contribution in [2.75, 3.05) is 0 Å². The zero-order chi connectivity index (χ0) is 20.8. The monoisotopic (exact) mass is 409 g/mol. The second kappa shape index (κ2) is 7.07. The Kier molecular flexibility index (Phi) is 4.70. The van der Waals surface area contributed by atoms with Crippen molar-refractivity contribution in [1.82, 2.24) is 20.2 Å². The average molecular weight is 409 g/mol. The first-order chi connectivity index (χ1) is 13.8. The number of ketones is 1. The van der Waals surface area contributed by atoms with Crippen molar-refractivity contribution in [2.45, 2.75) is 43.0 Å². The number of rotatable bonds is 4. The van der Waals surface area contributed by atoms with E-state index in [-0.39, 0.29) is 23.3 Å². The van der Waals surface area contributed by atoms with Crippen LogP contribution in [0.2, 0.25) is 0 Å². The molecule has 3 aromatic rings. The molecular weight excluding hydrogens is 390 g/mol. The van der Waals surface area contributed by atoms with Gasteiger partial charge in [0.1, 0.15) is 0 Å². The van der Waals surface area contributed by atoms with E-state index >= 15 is 0 Å². The zero-order valence-corrected chi connectivity index (χ0v) is 17.0. The van der Waals surface area contributed by atoms with Crippen molar-refractivity contribution in [1.29, 1.82) is 0 Å². The molecular formula is C20H19N5O3S. The van der Waals surface area contributed by atoms with Gasteiger partial charge in [-0.25, -0.2) is 0 Å². The fourth-order valence-electron chi connectivity index (χ4n) is 3.34. The summed E-state index contributed by atoms with van der Waals surface area (Å²) >= 11 is 1.23. The van der Waals surface area contributed by atoms with Crippen LogP contribution in [0.5, 0.6) is 0 Å². The third-order valence-electron chi connectivity index (χ3n) is 4.93. The lowest BCUT2D eigenvalue weighted by Crippen LogP contribution is -2.14. The highest BCUT2D eigenvalue weighted by molar-refractivity contribution is 8.00.